The molecule has 2 N–H and O–H groups in total. The summed E-state index contributed by atoms with van der Waals surface area (Å²) in [6, 6.07) is 10.1. The molecule has 0 saturated heterocycles. The van der Waals surface area contributed by atoms with Crippen LogP contribution in [0.1, 0.15) is 18.5 Å². The van der Waals surface area contributed by atoms with Crippen molar-refractivity contribution in [3.63, 3.8) is 0 Å². The van der Waals surface area contributed by atoms with Crippen molar-refractivity contribution in [1.29, 1.82) is 0 Å². The summed E-state index contributed by atoms with van der Waals surface area (Å²) in [5.41, 5.74) is 8.02. The van der Waals surface area contributed by atoms with Gasteiger partial charge in [0.25, 0.3) is 0 Å². The molecule has 0 amide bonds. The number of fused-ring (bicyclic) bond motifs is 1. The number of hydrogen-bond acceptors (Lipinski definition) is 2. The highest BCUT2D eigenvalue weighted by atomic mass is 35.5. The van der Waals surface area contributed by atoms with Crippen LogP contribution in [0.4, 0.5) is 0 Å². The Morgan fingerprint density at radius 1 is 1.21 bits per heavy atom. The number of aromatic nitrogens is 1. The van der Waals surface area contributed by atoms with E-state index in [4.69, 9.17) is 5.73 Å². The fourth-order valence-electron chi connectivity index (χ4n) is 1.52. The van der Waals surface area contributed by atoms with E-state index in [1.54, 1.807) is 6.20 Å². The smallest absolute Gasteiger partial charge is 0.0705 e. The molecule has 0 fully saturated rings. The fraction of sp³-hybridized carbons (Fsp3) is 0.182. The molecular weight excluding hydrogens is 196 g/mol. The summed E-state index contributed by atoms with van der Waals surface area (Å²) in [5.74, 6) is 0. The maximum Gasteiger partial charge on any atom is 0.0705 e. The molecule has 0 aliphatic heterocycles. The van der Waals surface area contributed by atoms with Gasteiger partial charge in [-0.25, -0.2) is 0 Å². The third kappa shape index (κ3) is 1.86. The Labute approximate surface area is 89.6 Å². The maximum absolute atomic E-state index is 5.85. The van der Waals surface area contributed by atoms with Gasteiger partial charge in [0.2, 0.25) is 0 Å². The predicted octanol–water partition coefficient (Wildman–Crippen LogP) is 2.68. The lowest BCUT2D eigenvalue weighted by Gasteiger charge is -2.08. The summed E-state index contributed by atoms with van der Waals surface area (Å²) in [7, 11) is 0. The van der Waals surface area contributed by atoms with Gasteiger partial charge in [-0.3, -0.25) is 4.98 Å². The summed E-state index contributed by atoms with van der Waals surface area (Å²) < 4.78 is 0. The van der Waals surface area contributed by atoms with Crippen LogP contribution in [0.5, 0.6) is 0 Å². The van der Waals surface area contributed by atoms with Crippen LogP contribution in [0.25, 0.3) is 10.9 Å². The summed E-state index contributed by atoms with van der Waals surface area (Å²) in [6.07, 6.45) is 1.81. The van der Waals surface area contributed by atoms with E-state index in [1.807, 2.05) is 31.2 Å². The number of nitrogens with two attached hydrogens (primary N) is 1. The molecule has 3 heteroatoms. The molecule has 1 heterocycles. The lowest BCUT2D eigenvalue weighted by atomic mass is 10.0. The first-order chi connectivity index (χ1) is 6.29. The third-order valence-electron chi connectivity index (χ3n) is 2.17. The minimum Gasteiger partial charge on any atom is -0.324 e. The van der Waals surface area contributed by atoms with Gasteiger partial charge in [0.1, 0.15) is 0 Å². The number of pyridine rings is 1. The molecule has 2 rings (SSSR count). The molecule has 0 spiro atoms. The van der Waals surface area contributed by atoms with Crippen LogP contribution >= 0.6 is 12.4 Å². The number of para-hydroxylation sites is 1. The fourth-order valence-corrected chi connectivity index (χ4v) is 1.52. The van der Waals surface area contributed by atoms with E-state index >= 15 is 0 Å². The minimum absolute atomic E-state index is 0. The molecule has 2 aromatic rings. The first-order valence-electron chi connectivity index (χ1n) is 4.38. The van der Waals surface area contributed by atoms with Gasteiger partial charge in [0, 0.05) is 17.6 Å². The van der Waals surface area contributed by atoms with Gasteiger partial charge in [-0.2, -0.15) is 0 Å². The molecule has 2 nitrogen and oxygen atoms in total. The van der Waals surface area contributed by atoms with Gasteiger partial charge >= 0.3 is 0 Å². The van der Waals surface area contributed by atoms with Gasteiger partial charge < -0.3 is 5.73 Å². The zero-order chi connectivity index (χ0) is 9.26. The summed E-state index contributed by atoms with van der Waals surface area (Å²) >= 11 is 0. The van der Waals surface area contributed by atoms with E-state index in [-0.39, 0.29) is 18.4 Å². The van der Waals surface area contributed by atoms with E-state index in [1.165, 1.54) is 0 Å². The average molecular weight is 209 g/mol. The maximum atomic E-state index is 5.85. The molecule has 74 valence electrons. The van der Waals surface area contributed by atoms with Crippen LogP contribution in [0.15, 0.2) is 36.5 Å². The predicted molar refractivity (Wildman–Crippen MR) is 61.6 cm³/mol. The topological polar surface area (TPSA) is 38.9 Å². The monoisotopic (exact) mass is 208 g/mol. The largest absolute Gasteiger partial charge is 0.324 e. The molecular formula is C11H13ClN2. The second kappa shape index (κ2) is 4.40. The first kappa shape index (κ1) is 11.0. The van der Waals surface area contributed by atoms with Crippen molar-refractivity contribution < 1.29 is 0 Å². The van der Waals surface area contributed by atoms with Gasteiger partial charge in [-0.1, -0.05) is 18.2 Å². The highest BCUT2D eigenvalue weighted by molar-refractivity contribution is 5.85. The normalized spacial score (nSPS) is 12.1. The molecule has 0 aliphatic rings. The number of halogens is 1. The quantitative estimate of drug-likeness (QED) is 0.783. The number of rotatable bonds is 1. The van der Waals surface area contributed by atoms with Gasteiger partial charge in [0.15, 0.2) is 0 Å². The van der Waals surface area contributed by atoms with Gasteiger partial charge in [-0.15, -0.1) is 12.4 Å². The second-order valence-electron chi connectivity index (χ2n) is 3.21. The standard InChI is InChI=1S/C11H12N2.ClH/c1-8(12)9-6-7-13-11-5-3-2-4-10(9)11;/h2-8H,12H2,1H3;1H/t8-;/m0./s1. The zero-order valence-corrected chi connectivity index (χ0v) is 8.79. The highest BCUT2D eigenvalue weighted by Gasteiger charge is 2.03. The van der Waals surface area contributed by atoms with E-state index < -0.39 is 0 Å². The Morgan fingerprint density at radius 3 is 2.64 bits per heavy atom. The van der Waals surface area contributed by atoms with Crippen LogP contribution in [-0.2, 0) is 0 Å². The summed E-state index contributed by atoms with van der Waals surface area (Å²) in [6.45, 7) is 1.99. The van der Waals surface area contributed by atoms with Crippen LogP contribution in [-0.4, -0.2) is 4.98 Å². The number of benzene rings is 1. The Hall–Kier alpha value is -1.12. The average Bonchev–Trinajstić information content (AvgIpc) is 2.17. The van der Waals surface area contributed by atoms with E-state index in [2.05, 4.69) is 11.1 Å². The van der Waals surface area contributed by atoms with Crippen LogP contribution in [0.2, 0.25) is 0 Å². The van der Waals surface area contributed by atoms with Crippen molar-refractivity contribution in [1.82, 2.24) is 4.98 Å². The van der Waals surface area contributed by atoms with Crippen molar-refractivity contribution in [2.45, 2.75) is 13.0 Å². The number of nitrogens with zero attached hydrogens (tertiary/aromatic N) is 1. The van der Waals surface area contributed by atoms with Crippen molar-refractivity contribution >= 4 is 23.3 Å². The Kier molecular flexibility index (Phi) is 3.44. The molecule has 1 aromatic heterocycles. The second-order valence-corrected chi connectivity index (χ2v) is 3.21. The molecule has 0 saturated carbocycles. The number of hydrogen-bond donors (Lipinski definition) is 1. The Balaban J connectivity index is 0.000000980. The first-order valence-corrected chi connectivity index (χ1v) is 4.38. The minimum atomic E-state index is 0. The SMILES string of the molecule is C[C@H](N)c1ccnc2ccccc12.Cl. The van der Waals surface area contributed by atoms with Crippen molar-refractivity contribution in [3.05, 3.63) is 42.1 Å². The van der Waals surface area contributed by atoms with Gasteiger partial charge in [0.05, 0.1) is 5.52 Å². The molecule has 0 radical (unpaired) electrons. The van der Waals surface area contributed by atoms with Crippen LogP contribution < -0.4 is 5.73 Å². The van der Waals surface area contributed by atoms with E-state index in [9.17, 15) is 0 Å². The third-order valence-corrected chi connectivity index (χ3v) is 2.17. The Bertz CT molecular complexity index is 421. The van der Waals surface area contributed by atoms with Crippen molar-refractivity contribution in [2.24, 2.45) is 5.73 Å². The lowest BCUT2D eigenvalue weighted by Crippen LogP contribution is -2.05. The van der Waals surface area contributed by atoms with E-state index in [0.29, 0.717) is 0 Å². The summed E-state index contributed by atoms with van der Waals surface area (Å²) in [5, 5.41) is 1.15. The van der Waals surface area contributed by atoms with Crippen molar-refractivity contribution in [2.75, 3.05) is 0 Å². The molecule has 0 unspecified atom stereocenters. The molecule has 14 heavy (non-hydrogen) atoms. The zero-order valence-electron chi connectivity index (χ0n) is 7.97. The highest BCUT2D eigenvalue weighted by Crippen LogP contribution is 2.20. The van der Waals surface area contributed by atoms with Gasteiger partial charge in [-0.05, 0) is 24.6 Å². The van der Waals surface area contributed by atoms with Crippen LogP contribution in [0.3, 0.4) is 0 Å². The Morgan fingerprint density at radius 2 is 1.93 bits per heavy atom. The molecule has 0 aliphatic carbocycles. The molecule has 1 aromatic carbocycles. The van der Waals surface area contributed by atoms with Crippen molar-refractivity contribution in [3.8, 4) is 0 Å². The summed E-state index contributed by atoms with van der Waals surface area (Å²) in [4.78, 5) is 4.27. The van der Waals surface area contributed by atoms with Crippen LogP contribution in [0, 0.1) is 0 Å². The molecule has 0 bridgehead atoms. The van der Waals surface area contributed by atoms with E-state index in [0.717, 1.165) is 16.5 Å². The lowest BCUT2D eigenvalue weighted by molar-refractivity contribution is 0.825. The molecule has 1 atom stereocenters.